The number of hydrogen-bond donors (Lipinski definition) is 1. The molecule has 3 rings (SSSR count). The maximum absolute atomic E-state index is 13.9. The molecule has 182 valence electrons. The standard InChI is InChI=1S/C25H26F3NO4S/c1-3-20-21-8-5-4-7-17(21)13-16-23(20)34(31,32)22(9-6-10-24(30)33-29-2)18-11-14-19(15-12-18)25(26,27)28/h4-5,7-8,11-16,22,29H,3,6,9-10H2,1-2H3. The number of fused-ring (bicyclic) bond motifs is 1. The number of benzene rings is 3. The Labute approximate surface area is 196 Å². The average molecular weight is 494 g/mol. The Hall–Kier alpha value is -2.91. The van der Waals surface area contributed by atoms with Gasteiger partial charge in [0, 0.05) is 13.5 Å². The molecule has 0 aromatic heterocycles. The second kappa shape index (κ2) is 10.6. The van der Waals surface area contributed by atoms with Gasteiger partial charge in [0.1, 0.15) is 0 Å². The van der Waals surface area contributed by atoms with Gasteiger partial charge in [0.25, 0.3) is 0 Å². The second-order valence-corrected chi connectivity index (χ2v) is 9.94. The molecule has 0 bridgehead atoms. The van der Waals surface area contributed by atoms with E-state index in [-0.39, 0.29) is 29.7 Å². The van der Waals surface area contributed by atoms with Crippen molar-refractivity contribution in [3.05, 3.63) is 77.4 Å². The summed E-state index contributed by atoms with van der Waals surface area (Å²) >= 11 is 0. The summed E-state index contributed by atoms with van der Waals surface area (Å²) < 4.78 is 66.9. The van der Waals surface area contributed by atoms with Crippen molar-refractivity contribution in [1.29, 1.82) is 0 Å². The Kier molecular flexibility index (Phi) is 7.99. The summed E-state index contributed by atoms with van der Waals surface area (Å²) in [4.78, 5) is 16.5. The molecule has 0 aliphatic heterocycles. The fourth-order valence-corrected chi connectivity index (χ4v) is 6.24. The highest BCUT2D eigenvalue weighted by molar-refractivity contribution is 7.91. The van der Waals surface area contributed by atoms with Crippen LogP contribution in [0.3, 0.4) is 0 Å². The van der Waals surface area contributed by atoms with E-state index >= 15 is 0 Å². The van der Waals surface area contributed by atoms with Gasteiger partial charge < -0.3 is 4.84 Å². The Balaban J connectivity index is 2.06. The first-order valence-electron chi connectivity index (χ1n) is 10.9. The Morgan fingerprint density at radius 1 is 1.03 bits per heavy atom. The summed E-state index contributed by atoms with van der Waals surface area (Å²) in [6, 6.07) is 14.9. The van der Waals surface area contributed by atoms with Crippen molar-refractivity contribution in [2.45, 2.75) is 48.9 Å². The first kappa shape index (κ1) is 25.7. The lowest BCUT2D eigenvalue weighted by atomic mass is 10.0. The van der Waals surface area contributed by atoms with Crippen molar-refractivity contribution in [2.75, 3.05) is 7.05 Å². The molecule has 0 fully saturated rings. The van der Waals surface area contributed by atoms with E-state index in [0.29, 0.717) is 12.0 Å². The third-order valence-electron chi connectivity index (χ3n) is 5.71. The van der Waals surface area contributed by atoms with Crippen LogP contribution in [0.2, 0.25) is 0 Å². The largest absolute Gasteiger partial charge is 0.416 e. The van der Waals surface area contributed by atoms with E-state index in [1.165, 1.54) is 19.2 Å². The summed E-state index contributed by atoms with van der Waals surface area (Å²) in [6.07, 6.45) is -3.88. The van der Waals surface area contributed by atoms with Gasteiger partial charge in [-0.15, -0.1) is 0 Å². The van der Waals surface area contributed by atoms with Crippen molar-refractivity contribution >= 4 is 26.6 Å². The smallest absolute Gasteiger partial charge is 0.371 e. The third kappa shape index (κ3) is 5.59. The quantitative estimate of drug-likeness (QED) is 0.383. The molecule has 9 heteroatoms. The monoisotopic (exact) mass is 493 g/mol. The van der Waals surface area contributed by atoms with Crippen LogP contribution in [0.5, 0.6) is 0 Å². The molecular weight excluding hydrogens is 467 g/mol. The molecule has 1 unspecified atom stereocenters. The predicted molar refractivity (Wildman–Crippen MR) is 124 cm³/mol. The Bertz CT molecular complexity index is 1260. The van der Waals surface area contributed by atoms with Crippen molar-refractivity contribution in [3.63, 3.8) is 0 Å². The van der Waals surface area contributed by atoms with Crippen LogP contribution < -0.4 is 5.48 Å². The van der Waals surface area contributed by atoms with E-state index in [4.69, 9.17) is 0 Å². The first-order valence-corrected chi connectivity index (χ1v) is 12.4. The number of hydroxylamine groups is 1. The minimum atomic E-state index is -4.53. The van der Waals surface area contributed by atoms with Gasteiger partial charge in [-0.25, -0.2) is 8.42 Å². The lowest BCUT2D eigenvalue weighted by Crippen LogP contribution is -2.18. The Morgan fingerprint density at radius 2 is 1.71 bits per heavy atom. The van der Waals surface area contributed by atoms with E-state index in [0.717, 1.165) is 22.9 Å². The lowest BCUT2D eigenvalue weighted by Gasteiger charge is -2.21. The number of carbonyl (C=O) groups excluding carboxylic acids is 1. The van der Waals surface area contributed by atoms with Crippen molar-refractivity contribution in [1.82, 2.24) is 5.48 Å². The second-order valence-electron chi connectivity index (χ2n) is 7.84. The Morgan fingerprint density at radius 3 is 2.32 bits per heavy atom. The van der Waals surface area contributed by atoms with Crippen LogP contribution in [0.4, 0.5) is 13.2 Å². The summed E-state index contributed by atoms with van der Waals surface area (Å²) in [5.74, 6) is -0.550. The zero-order chi connectivity index (χ0) is 24.9. The summed E-state index contributed by atoms with van der Waals surface area (Å²) in [5.41, 5.74) is 2.31. The number of nitrogens with one attached hydrogen (secondary N) is 1. The number of aryl methyl sites for hydroxylation is 1. The molecule has 1 N–H and O–H groups in total. The molecule has 0 amide bonds. The van der Waals surface area contributed by atoms with Gasteiger partial charge in [-0.3, -0.25) is 4.79 Å². The van der Waals surface area contributed by atoms with Crippen LogP contribution >= 0.6 is 0 Å². The maximum atomic E-state index is 13.9. The number of sulfone groups is 1. The van der Waals surface area contributed by atoms with Gasteiger partial charge in [-0.1, -0.05) is 49.4 Å². The first-order chi connectivity index (χ1) is 16.1. The van der Waals surface area contributed by atoms with Gasteiger partial charge >= 0.3 is 12.1 Å². The van der Waals surface area contributed by atoms with E-state index in [9.17, 15) is 26.4 Å². The third-order valence-corrected chi connectivity index (χ3v) is 7.96. The predicted octanol–water partition coefficient (Wildman–Crippen LogP) is 5.78. The normalized spacial score (nSPS) is 13.1. The SMILES string of the molecule is CCc1c(S(=O)(=O)C(CCCC(=O)ONC)c2ccc(C(F)(F)F)cc2)ccc2ccccc12. The van der Waals surface area contributed by atoms with Gasteiger partial charge in [-0.05, 0) is 59.4 Å². The summed E-state index contributed by atoms with van der Waals surface area (Å²) in [5, 5.41) is 0.595. The van der Waals surface area contributed by atoms with E-state index in [1.54, 1.807) is 12.1 Å². The van der Waals surface area contributed by atoms with Crippen LogP contribution in [0.25, 0.3) is 10.8 Å². The number of halogens is 3. The van der Waals surface area contributed by atoms with Crippen molar-refractivity contribution in [3.8, 4) is 0 Å². The zero-order valence-corrected chi connectivity index (χ0v) is 19.7. The van der Waals surface area contributed by atoms with Crippen LogP contribution in [0.15, 0.2) is 65.6 Å². The van der Waals surface area contributed by atoms with E-state index in [1.807, 2.05) is 31.2 Å². The highest BCUT2D eigenvalue weighted by Crippen LogP contribution is 2.38. The molecule has 0 aliphatic carbocycles. The molecule has 3 aromatic carbocycles. The van der Waals surface area contributed by atoms with Gasteiger partial charge in [0.05, 0.1) is 15.7 Å². The highest BCUT2D eigenvalue weighted by atomic mass is 32.2. The molecule has 34 heavy (non-hydrogen) atoms. The van der Waals surface area contributed by atoms with Crippen LogP contribution in [0, 0.1) is 0 Å². The van der Waals surface area contributed by atoms with Crippen LogP contribution in [-0.4, -0.2) is 21.4 Å². The molecular formula is C25H26F3NO4S. The topological polar surface area (TPSA) is 72.5 Å². The number of rotatable bonds is 9. The molecule has 0 spiro atoms. The molecule has 0 aliphatic rings. The molecule has 5 nitrogen and oxygen atoms in total. The van der Waals surface area contributed by atoms with Gasteiger partial charge in [0.15, 0.2) is 9.84 Å². The van der Waals surface area contributed by atoms with E-state index < -0.39 is 32.8 Å². The maximum Gasteiger partial charge on any atom is 0.416 e. The number of alkyl halides is 3. The zero-order valence-electron chi connectivity index (χ0n) is 18.9. The lowest BCUT2D eigenvalue weighted by molar-refractivity contribution is -0.150. The van der Waals surface area contributed by atoms with Crippen molar-refractivity contribution < 1.29 is 31.2 Å². The van der Waals surface area contributed by atoms with E-state index in [2.05, 4.69) is 10.3 Å². The molecule has 3 aromatic rings. The summed E-state index contributed by atoms with van der Waals surface area (Å²) in [7, 11) is -2.57. The van der Waals surface area contributed by atoms with Crippen LogP contribution in [0.1, 0.15) is 48.1 Å². The van der Waals surface area contributed by atoms with Crippen LogP contribution in [-0.2, 0) is 32.1 Å². The fraction of sp³-hybridized carbons (Fsp3) is 0.320. The molecule has 0 heterocycles. The number of carbonyl (C=O) groups is 1. The number of hydrogen-bond acceptors (Lipinski definition) is 5. The van der Waals surface area contributed by atoms with Gasteiger partial charge in [0.2, 0.25) is 0 Å². The van der Waals surface area contributed by atoms with Gasteiger partial charge in [-0.2, -0.15) is 18.7 Å². The minimum absolute atomic E-state index is 0.0359. The highest BCUT2D eigenvalue weighted by Gasteiger charge is 2.34. The fourth-order valence-electron chi connectivity index (χ4n) is 4.08. The van der Waals surface area contributed by atoms with Crippen molar-refractivity contribution in [2.24, 2.45) is 0 Å². The molecule has 0 saturated carbocycles. The molecule has 0 saturated heterocycles. The minimum Gasteiger partial charge on any atom is -0.371 e. The summed E-state index contributed by atoms with van der Waals surface area (Å²) in [6.45, 7) is 1.86. The average Bonchev–Trinajstić information content (AvgIpc) is 2.80. The molecule has 1 atom stereocenters. The molecule has 0 radical (unpaired) electrons.